The Hall–Kier alpha value is -2.47. The lowest BCUT2D eigenvalue weighted by Gasteiger charge is -2.20. The number of amides is 1. The van der Waals surface area contributed by atoms with E-state index in [0.29, 0.717) is 10.6 Å². The molecule has 1 heterocycles. The van der Waals surface area contributed by atoms with Crippen LogP contribution in [0.1, 0.15) is 42.4 Å². The van der Waals surface area contributed by atoms with Crippen molar-refractivity contribution in [2.45, 2.75) is 32.4 Å². The second-order valence-corrected chi connectivity index (χ2v) is 5.79. The molecule has 0 bridgehead atoms. The van der Waals surface area contributed by atoms with Gasteiger partial charge in [-0.15, -0.1) is 0 Å². The van der Waals surface area contributed by atoms with Gasteiger partial charge < -0.3 is 10.1 Å². The molecule has 0 aliphatic heterocycles. The third-order valence-electron chi connectivity index (χ3n) is 3.12. The zero-order valence-electron chi connectivity index (χ0n) is 13.4. The summed E-state index contributed by atoms with van der Waals surface area (Å²) in [4.78, 5) is 32.2. The molecule has 0 saturated carbocycles. The highest BCUT2D eigenvalue weighted by Gasteiger charge is 2.23. The zero-order valence-corrected chi connectivity index (χ0v) is 14.2. The van der Waals surface area contributed by atoms with E-state index < -0.39 is 17.9 Å². The molecule has 0 unspecified atom stereocenters. The molecular formula is C17H18ClN3O3. The molecule has 1 amide bonds. The minimum absolute atomic E-state index is 0.0338. The van der Waals surface area contributed by atoms with Gasteiger partial charge in [0.15, 0.2) is 0 Å². The van der Waals surface area contributed by atoms with Gasteiger partial charge in [0.05, 0.1) is 24.8 Å². The van der Waals surface area contributed by atoms with Crippen LogP contribution in [-0.4, -0.2) is 27.9 Å². The number of halogens is 1. The molecule has 0 aliphatic rings. The van der Waals surface area contributed by atoms with Gasteiger partial charge in [-0.2, -0.15) is 0 Å². The van der Waals surface area contributed by atoms with Crippen molar-refractivity contribution in [3.05, 3.63) is 59.1 Å². The lowest BCUT2D eigenvalue weighted by atomic mass is 10.0. The Kier molecular flexibility index (Phi) is 6.26. The summed E-state index contributed by atoms with van der Waals surface area (Å²) in [7, 11) is 0. The van der Waals surface area contributed by atoms with Gasteiger partial charge in [0.25, 0.3) is 5.91 Å². The van der Waals surface area contributed by atoms with Gasteiger partial charge in [-0.1, -0.05) is 29.8 Å². The molecule has 0 aliphatic carbocycles. The number of carbonyl (C=O) groups is 2. The van der Waals surface area contributed by atoms with Crippen molar-refractivity contribution in [3.8, 4) is 0 Å². The Morgan fingerprint density at radius 3 is 2.62 bits per heavy atom. The maximum atomic E-state index is 12.3. The van der Waals surface area contributed by atoms with E-state index in [-0.39, 0.29) is 18.2 Å². The van der Waals surface area contributed by atoms with Crippen molar-refractivity contribution in [2.24, 2.45) is 0 Å². The topological polar surface area (TPSA) is 81.2 Å². The average molecular weight is 348 g/mol. The molecule has 126 valence electrons. The Balaban J connectivity index is 2.21. The molecule has 7 heteroatoms. The van der Waals surface area contributed by atoms with E-state index in [1.807, 2.05) is 0 Å². The van der Waals surface area contributed by atoms with Crippen LogP contribution >= 0.6 is 11.6 Å². The van der Waals surface area contributed by atoms with Crippen LogP contribution in [0.2, 0.25) is 5.02 Å². The Bertz CT molecular complexity index is 707. The minimum atomic E-state index is -0.626. The molecule has 1 N–H and O–H groups in total. The summed E-state index contributed by atoms with van der Waals surface area (Å²) in [6.45, 7) is 3.53. The van der Waals surface area contributed by atoms with Gasteiger partial charge in [0, 0.05) is 17.4 Å². The highest BCUT2D eigenvalue weighted by Crippen LogP contribution is 2.26. The first-order valence-corrected chi connectivity index (χ1v) is 7.86. The standard InChI is InChI=1S/C17H18ClN3O3/c1-11(2)24-16(22)9-14(12-5-3-4-6-13(12)18)21-17(23)15-10-19-7-8-20-15/h3-8,10-11,14H,9H2,1-2H3,(H,21,23)/t14-/m1/s1. The molecule has 1 aromatic carbocycles. The molecule has 0 spiro atoms. The summed E-state index contributed by atoms with van der Waals surface area (Å²) in [5.41, 5.74) is 0.795. The van der Waals surface area contributed by atoms with E-state index in [1.165, 1.54) is 18.6 Å². The van der Waals surface area contributed by atoms with Gasteiger partial charge in [0.2, 0.25) is 0 Å². The van der Waals surface area contributed by atoms with E-state index in [0.717, 1.165) is 0 Å². The number of benzene rings is 1. The molecule has 1 atom stereocenters. The quantitative estimate of drug-likeness (QED) is 0.812. The van der Waals surface area contributed by atoms with Crippen molar-refractivity contribution < 1.29 is 14.3 Å². The first kappa shape index (κ1) is 17.9. The number of nitrogens with zero attached hydrogens (tertiary/aromatic N) is 2. The number of aromatic nitrogens is 2. The number of esters is 1. The van der Waals surface area contributed by atoms with Crippen LogP contribution in [0, 0.1) is 0 Å². The zero-order chi connectivity index (χ0) is 17.5. The Morgan fingerprint density at radius 1 is 1.25 bits per heavy atom. The van der Waals surface area contributed by atoms with Crippen LogP contribution in [0.3, 0.4) is 0 Å². The largest absolute Gasteiger partial charge is 0.463 e. The van der Waals surface area contributed by atoms with Crippen LogP contribution in [0.5, 0.6) is 0 Å². The maximum Gasteiger partial charge on any atom is 0.308 e. The molecule has 24 heavy (non-hydrogen) atoms. The van der Waals surface area contributed by atoms with Crippen molar-refractivity contribution in [2.75, 3.05) is 0 Å². The molecule has 2 rings (SSSR count). The third-order valence-corrected chi connectivity index (χ3v) is 3.46. The fourth-order valence-corrected chi connectivity index (χ4v) is 2.39. The Labute approximate surface area is 145 Å². The average Bonchev–Trinajstić information content (AvgIpc) is 2.54. The monoisotopic (exact) mass is 347 g/mol. The van der Waals surface area contributed by atoms with Crippen LogP contribution < -0.4 is 5.32 Å². The second-order valence-electron chi connectivity index (χ2n) is 5.38. The smallest absolute Gasteiger partial charge is 0.308 e. The predicted molar refractivity (Wildman–Crippen MR) is 89.5 cm³/mol. The van der Waals surface area contributed by atoms with E-state index >= 15 is 0 Å². The fourth-order valence-electron chi connectivity index (χ4n) is 2.12. The van der Waals surface area contributed by atoms with E-state index in [1.54, 1.807) is 38.1 Å². The van der Waals surface area contributed by atoms with Gasteiger partial charge in [-0.25, -0.2) is 4.98 Å². The molecule has 0 radical (unpaired) electrons. The molecule has 1 aromatic heterocycles. The number of ether oxygens (including phenoxy) is 1. The van der Waals surface area contributed by atoms with Crippen molar-refractivity contribution in [3.63, 3.8) is 0 Å². The number of nitrogens with one attached hydrogen (secondary N) is 1. The predicted octanol–water partition coefficient (Wildman–Crippen LogP) is 2.94. The first-order valence-electron chi connectivity index (χ1n) is 7.48. The van der Waals surface area contributed by atoms with Crippen LogP contribution in [-0.2, 0) is 9.53 Å². The van der Waals surface area contributed by atoms with Gasteiger partial charge in [0.1, 0.15) is 5.69 Å². The third kappa shape index (κ3) is 5.03. The molecule has 6 nitrogen and oxygen atoms in total. The highest BCUT2D eigenvalue weighted by molar-refractivity contribution is 6.31. The molecule has 0 saturated heterocycles. The van der Waals surface area contributed by atoms with Crippen molar-refractivity contribution in [1.29, 1.82) is 0 Å². The summed E-state index contributed by atoms with van der Waals surface area (Å²) in [5, 5.41) is 3.23. The molecule has 0 fully saturated rings. The van der Waals surface area contributed by atoms with Gasteiger partial charge >= 0.3 is 5.97 Å². The van der Waals surface area contributed by atoms with E-state index in [4.69, 9.17) is 16.3 Å². The lowest BCUT2D eigenvalue weighted by Crippen LogP contribution is -2.31. The maximum absolute atomic E-state index is 12.3. The molecular weight excluding hydrogens is 330 g/mol. The van der Waals surface area contributed by atoms with Crippen LogP contribution in [0.4, 0.5) is 0 Å². The van der Waals surface area contributed by atoms with Crippen molar-refractivity contribution in [1.82, 2.24) is 15.3 Å². The number of hydrogen-bond acceptors (Lipinski definition) is 5. The minimum Gasteiger partial charge on any atom is -0.463 e. The normalized spacial score (nSPS) is 11.8. The summed E-state index contributed by atoms with van der Waals surface area (Å²) < 4.78 is 5.17. The Morgan fingerprint density at radius 2 is 2.00 bits per heavy atom. The number of carbonyl (C=O) groups excluding carboxylic acids is 2. The highest BCUT2D eigenvalue weighted by atomic mass is 35.5. The lowest BCUT2D eigenvalue weighted by molar-refractivity contribution is -0.147. The van der Waals surface area contributed by atoms with Crippen LogP contribution in [0.25, 0.3) is 0 Å². The SMILES string of the molecule is CC(C)OC(=O)C[C@@H](NC(=O)c1cnccn1)c1ccccc1Cl. The number of rotatable bonds is 6. The van der Waals surface area contributed by atoms with E-state index in [2.05, 4.69) is 15.3 Å². The molecule has 2 aromatic rings. The number of hydrogen-bond donors (Lipinski definition) is 1. The first-order chi connectivity index (χ1) is 11.5. The van der Waals surface area contributed by atoms with Gasteiger partial charge in [-0.3, -0.25) is 14.6 Å². The van der Waals surface area contributed by atoms with Gasteiger partial charge in [-0.05, 0) is 25.5 Å². The fraction of sp³-hybridized carbons (Fsp3) is 0.294. The van der Waals surface area contributed by atoms with E-state index in [9.17, 15) is 9.59 Å². The summed E-state index contributed by atoms with van der Waals surface area (Å²) in [6, 6.07) is 6.40. The second kappa shape index (κ2) is 8.40. The van der Waals surface area contributed by atoms with Crippen molar-refractivity contribution >= 4 is 23.5 Å². The summed E-state index contributed by atoms with van der Waals surface area (Å²) in [5.74, 6) is -0.861. The van der Waals surface area contributed by atoms with Crippen LogP contribution in [0.15, 0.2) is 42.9 Å². The summed E-state index contributed by atoms with van der Waals surface area (Å²) >= 11 is 6.21. The summed E-state index contributed by atoms with van der Waals surface area (Å²) in [6.07, 6.45) is 3.98.